The van der Waals surface area contributed by atoms with Crippen LogP contribution in [0.5, 0.6) is 5.75 Å². The number of hydrogen-bond donors (Lipinski definition) is 0. The molecule has 1 amide bonds. The Kier molecular flexibility index (Phi) is 4.49. The van der Waals surface area contributed by atoms with Gasteiger partial charge in [-0.1, -0.05) is 12.1 Å². The van der Waals surface area contributed by atoms with E-state index in [2.05, 4.69) is 20.6 Å². The van der Waals surface area contributed by atoms with Gasteiger partial charge in [-0.05, 0) is 43.7 Å². The molecule has 3 heterocycles. The van der Waals surface area contributed by atoms with Crippen LogP contribution in [0.25, 0.3) is 0 Å². The number of likely N-dealkylation sites (N-methyl/N-ethyl adjacent to an activating group) is 1. The van der Waals surface area contributed by atoms with Crippen molar-refractivity contribution < 1.29 is 9.53 Å². The molecule has 1 aromatic heterocycles. The first kappa shape index (κ1) is 17.6. The van der Waals surface area contributed by atoms with Crippen LogP contribution in [0.2, 0.25) is 0 Å². The summed E-state index contributed by atoms with van der Waals surface area (Å²) in [5.41, 5.74) is 1.05. The number of anilines is 1. The highest BCUT2D eigenvalue weighted by Gasteiger charge is 2.35. The molecule has 0 bridgehead atoms. The van der Waals surface area contributed by atoms with Crippen LogP contribution in [0.4, 0.5) is 5.69 Å². The second-order valence-corrected chi connectivity index (χ2v) is 8.44. The quantitative estimate of drug-likeness (QED) is 0.818. The molecule has 1 saturated carbocycles. The molecule has 6 heteroatoms. The maximum absolute atomic E-state index is 13.1. The maximum atomic E-state index is 13.1. The van der Waals surface area contributed by atoms with Gasteiger partial charge in [-0.3, -0.25) is 4.79 Å². The van der Waals surface area contributed by atoms with Crippen molar-refractivity contribution >= 4 is 11.6 Å². The van der Waals surface area contributed by atoms with E-state index in [1.165, 1.54) is 18.7 Å². The molecule has 0 spiro atoms. The van der Waals surface area contributed by atoms with Gasteiger partial charge in [0.25, 0.3) is 5.91 Å². The van der Waals surface area contributed by atoms with E-state index in [-0.39, 0.29) is 5.91 Å². The number of para-hydroxylation sites is 2. The molecular formula is C22H28N4O2. The van der Waals surface area contributed by atoms with Crippen LogP contribution < -0.4 is 9.64 Å². The number of amides is 1. The van der Waals surface area contributed by atoms with E-state index in [1.54, 1.807) is 0 Å². The monoisotopic (exact) mass is 380 g/mol. The number of ether oxygens (including phenoxy) is 1. The molecule has 28 heavy (non-hydrogen) atoms. The summed E-state index contributed by atoms with van der Waals surface area (Å²) in [5.74, 6) is 3.42. The van der Waals surface area contributed by atoms with E-state index in [4.69, 9.17) is 4.74 Å². The van der Waals surface area contributed by atoms with Crippen molar-refractivity contribution in [1.29, 1.82) is 0 Å². The number of hydrogen-bond acceptors (Lipinski definition) is 4. The number of nitrogens with zero attached hydrogens (tertiary/aromatic N) is 4. The van der Waals surface area contributed by atoms with E-state index in [0.29, 0.717) is 12.5 Å². The minimum atomic E-state index is -0.423. The molecule has 0 radical (unpaired) electrons. The second kappa shape index (κ2) is 7.15. The summed E-state index contributed by atoms with van der Waals surface area (Å²) in [7, 11) is 2.02. The Balaban J connectivity index is 1.21. The van der Waals surface area contributed by atoms with Crippen LogP contribution in [0.15, 0.2) is 36.7 Å². The molecular weight excluding hydrogens is 352 g/mol. The van der Waals surface area contributed by atoms with E-state index in [9.17, 15) is 4.79 Å². The lowest BCUT2D eigenvalue weighted by atomic mass is 9.95. The van der Waals surface area contributed by atoms with E-state index < -0.39 is 6.10 Å². The molecule has 6 nitrogen and oxygen atoms in total. The fourth-order valence-electron chi connectivity index (χ4n) is 4.51. The summed E-state index contributed by atoms with van der Waals surface area (Å²) in [6.45, 7) is 3.27. The van der Waals surface area contributed by atoms with Crippen LogP contribution in [-0.4, -0.2) is 53.1 Å². The van der Waals surface area contributed by atoms with Crippen LogP contribution in [0.3, 0.4) is 0 Å². The van der Waals surface area contributed by atoms with E-state index >= 15 is 0 Å². The van der Waals surface area contributed by atoms with Gasteiger partial charge >= 0.3 is 0 Å². The molecule has 5 rings (SSSR count). The Morgan fingerprint density at radius 1 is 1.18 bits per heavy atom. The molecule has 1 saturated heterocycles. The summed E-state index contributed by atoms with van der Waals surface area (Å²) in [5, 5.41) is 0. The molecule has 2 fully saturated rings. The molecule has 0 unspecified atom stereocenters. The molecule has 1 aromatic carbocycles. The first-order valence-corrected chi connectivity index (χ1v) is 10.5. The highest BCUT2D eigenvalue weighted by molar-refractivity contribution is 5.83. The van der Waals surface area contributed by atoms with E-state index in [0.717, 1.165) is 49.8 Å². The topological polar surface area (TPSA) is 50.6 Å². The maximum Gasteiger partial charge on any atom is 0.265 e. The zero-order valence-electron chi connectivity index (χ0n) is 16.5. The Labute approximate surface area is 166 Å². The summed E-state index contributed by atoms with van der Waals surface area (Å²) in [6, 6.07) is 7.93. The number of likely N-dealkylation sites (tertiary alicyclic amines) is 1. The number of piperidine rings is 1. The SMILES string of the molecule is CN1C[C@@H](C(=O)N2CCC(c3nccn3CC3CC3)CC2)Oc2ccccc21. The van der Waals surface area contributed by atoms with Gasteiger partial charge in [-0.15, -0.1) is 0 Å². The molecule has 148 valence electrons. The van der Waals surface area contributed by atoms with Crippen molar-refractivity contribution in [2.45, 2.75) is 44.2 Å². The number of fused-ring (bicyclic) bond motifs is 1. The third kappa shape index (κ3) is 3.36. The standard InChI is InChI=1S/C22H28N4O2/c1-24-15-20(28-19-5-3-2-4-18(19)24)22(27)25-11-8-17(9-12-25)21-23-10-13-26(21)14-16-6-7-16/h2-5,10,13,16-17,20H,6-9,11-12,14-15H2,1H3/t20-/m0/s1. The molecule has 1 aliphatic carbocycles. The minimum absolute atomic E-state index is 0.112. The first-order chi connectivity index (χ1) is 13.7. The van der Waals surface area contributed by atoms with Crippen molar-refractivity contribution in [2.75, 3.05) is 31.6 Å². The third-order valence-corrected chi connectivity index (χ3v) is 6.33. The predicted molar refractivity (Wildman–Crippen MR) is 108 cm³/mol. The van der Waals surface area contributed by atoms with Crippen molar-refractivity contribution in [3.8, 4) is 5.75 Å². The average Bonchev–Trinajstić information content (AvgIpc) is 3.42. The number of imidazole rings is 1. The Morgan fingerprint density at radius 2 is 1.96 bits per heavy atom. The normalized spacial score (nSPS) is 22.7. The van der Waals surface area contributed by atoms with Crippen molar-refractivity contribution in [1.82, 2.24) is 14.5 Å². The third-order valence-electron chi connectivity index (χ3n) is 6.33. The number of rotatable bonds is 4. The zero-order chi connectivity index (χ0) is 19.1. The van der Waals surface area contributed by atoms with Crippen LogP contribution in [0, 0.1) is 5.92 Å². The fraction of sp³-hybridized carbons (Fsp3) is 0.545. The highest BCUT2D eigenvalue weighted by atomic mass is 16.5. The van der Waals surface area contributed by atoms with Gasteiger partial charge in [0, 0.05) is 45.0 Å². The van der Waals surface area contributed by atoms with E-state index in [1.807, 2.05) is 42.4 Å². The smallest absolute Gasteiger partial charge is 0.265 e. The minimum Gasteiger partial charge on any atom is -0.477 e. The number of carbonyl (C=O) groups excluding carboxylic acids is 1. The van der Waals surface area contributed by atoms with Crippen LogP contribution in [0.1, 0.15) is 37.4 Å². The molecule has 2 aromatic rings. The van der Waals surface area contributed by atoms with Gasteiger partial charge in [-0.25, -0.2) is 4.98 Å². The Morgan fingerprint density at radius 3 is 2.75 bits per heavy atom. The predicted octanol–water partition coefficient (Wildman–Crippen LogP) is 2.90. The first-order valence-electron chi connectivity index (χ1n) is 10.5. The number of benzene rings is 1. The van der Waals surface area contributed by atoms with Gasteiger partial charge < -0.3 is 19.1 Å². The second-order valence-electron chi connectivity index (χ2n) is 8.44. The van der Waals surface area contributed by atoms with Gasteiger partial charge in [-0.2, -0.15) is 0 Å². The Hall–Kier alpha value is -2.50. The summed E-state index contributed by atoms with van der Waals surface area (Å²) >= 11 is 0. The summed E-state index contributed by atoms with van der Waals surface area (Å²) < 4.78 is 8.38. The largest absolute Gasteiger partial charge is 0.477 e. The Bertz CT molecular complexity index is 852. The molecule has 2 aliphatic heterocycles. The summed E-state index contributed by atoms with van der Waals surface area (Å²) in [4.78, 5) is 21.8. The van der Waals surface area contributed by atoms with Crippen molar-refractivity contribution in [2.24, 2.45) is 5.92 Å². The summed E-state index contributed by atoms with van der Waals surface area (Å²) in [6.07, 6.45) is 8.28. The lowest BCUT2D eigenvalue weighted by Crippen LogP contribution is -2.51. The zero-order valence-corrected chi connectivity index (χ0v) is 16.5. The van der Waals surface area contributed by atoms with Crippen LogP contribution in [-0.2, 0) is 11.3 Å². The van der Waals surface area contributed by atoms with Crippen LogP contribution >= 0.6 is 0 Å². The fourth-order valence-corrected chi connectivity index (χ4v) is 4.51. The van der Waals surface area contributed by atoms with Gasteiger partial charge in [0.1, 0.15) is 11.6 Å². The van der Waals surface area contributed by atoms with Crippen molar-refractivity contribution in [3.63, 3.8) is 0 Å². The molecule has 3 aliphatic rings. The lowest BCUT2D eigenvalue weighted by molar-refractivity contribution is -0.139. The van der Waals surface area contributed by atoms with Crippen molar-refractivity contribution in [3.05, 3.63) is 42.5 Å². The van der Waals surface area contributed by atoms with Gasteiger partial charge in [0.05, 0.1) is 12.2 Å². The highest BCUT2D eigenvalue weighted by Crippen LogP contribution is 2.35. The molecule has 0 N–H and O–H groups in total. The molecule has 1 atom stereocenters. The lowest BCUT2D eigenvalue weighted by Gasteiger charge is -2.38. The number of aromatic nitrogens is 2. The van der Waals surface area contributed by atoms with Gasteiger partial charge in [0.15, 0.2) is 6.10 Å². The van der Waals surface area contributed by atoms with Gasteiger partial charge in [0.2, 0.25) is 0 Å². The number of carbonyl (C=O) groups is 1. The average molecular weight is 380 g/mol.